The molecule has 0 radical (unpaired) electrons. The van der Waals surface area contributed by atoms with E-state index in [4.69, 9.17) is 10.6 Å². The number of ether oxygens (including phenoxy) is 1. The summed E-state index contributed by atoms with van der Waals surface area (Å²) in [5, 5.41) is 0. The van der Waals surface area contributed by atoms with Gasteiger partial charge < -0.3 is 9.64 Å². The van der Waals surface area contributed by atoms with Gasteiger partial charge in [-0.25, -0.2) is 10.8 Å². The van der Waals surface area contributed by atoms with Crippen molar-refractivity contribution in [3.63, 3.8) is 0 Å². The normalized spacial score (nSPS) is 19.6. The highest BCUT2D eigenvalue weighted by Gasteiger charge is 2.24. The quantitative estimate of drug-likeness (QED) is 0.306. The van der Waals surface area contributed by atoms with Gasteiger partial charge in [0, 0.05) is 20.2 Å². The van der Waals surface area contributed by atoms with Gasteiger partial charge in [-0.2, -0.15) is 0 Å². The lowest BCUT2D eigenvalue weighted by molar-refractivity contribution is 0.183. The molecule has 5 heteroatoms. The van der Waals surface area contributed by atoms with Crippen molar-refractivity contribution in [1.29, 1.82) is 0 Å². The summed E-state index contributed by atoms with van der Waals surface area (Å²) in [6.45, 7) is 2.62. The van der Waals surface area contributed by atoms with Crippen LogP contribution in [0.25, 0.3) is 0 Å². The van der Waals surface area contributed by atoms with Crippen molar-refractivity contribution < 1.29 is 4.74 Å². The summed E-state index contributed by atoms with van der Waals surface area (Å²) in [7, 11) is 3.71. The van der Waals surface area contributed by atoms with Crippen LogP contribution in [0.4, 0.5) is 0 Å². The molecule has 1 atom stereocenters. The minimum absolute atomic E-state index is 0.128. The summed E-state index contributed by atoms with van der Waals surface area (Å²) < 4.78 is 5.04. The summed E-state index contributed by atoms with van der Waals surface area (Å²) >= 11 is 0. The van der Waals surface area contributed by atoms with Gasteiger partial charge in [0.2, 0.25) is 5.96 Å². The van der Waals surface area contributed by atoms with Crippen molar-refractivity contribution in [3.05, 3.63) is 0 Å². The SMILES string of the molecule is COCC(C)N=C(NN)N(C)C1CCC1. The molecule has 0 spiro atoms. The van der Waals surface area contributed by atoms with Gasteiger partial charge in [-0.15, -0.1) is 0 Å². The second-order valence-corrected chi connectivity index (χ2v) is 4.10. The van der Waals surface area contributed by atoms with Crippen molar-refractivity contribution in [3.8, 4) is 0 Å². The Labute approximate surface area is 91.6 Å². The number of hydrazine groups is 1. The molecule has 0 saturated heterocycles. The van der Waals surface area contributed by atoms with Gasteiger partial charge in [-0.3, -0.25) is 5.43 Å². The van der Waals surface area contributed by atoms with Crippen LogP contribution in [0.3, 0.4) is 0 Å². The first kappa shape index (κ1) is 12.3. The highest BCUT2D eigenvalue weighted by Crippen LogP contribution is 2.23. The molecule has 5 nitrogen and oxygen atoms in total. The van der Waals surface area contributed by atoms with Crippen molar-refractivity contribution in [2.75, 3.05) is 20.8 Å². The number of nitrogens with two attached hydrogens (primary N) is 1. The molecule has 3 N–H and O–H groups in total. The molecule has 1 aliphatic rings. The molecule has 0 bridgehead atoms. The van der Waals surface area contributed by atoms with Gasteiger partial charge in [-0.1, -0.05) is 0 Å². The zero-order valence-electron chi connectivity index (χ0n) is 9.86. The maximum Gasteiger partial charge on any atom is 0.208 e. The van der Waals surface area contributed by atoms with Gasteiger partial charge in [-0.05, 0) is 26.2 Å². The first-order chi connectivity index (χ1) is 7.19. The average molecular weight is 214 g/mol. The van der Waals surface area contributed by atoms with E-state index in [1.54, 1.807) is 7.11 Å². The fourth-order valence-electron chi connectivity index (χ4n) is 1.66. The topological polar surface area (TPSA) is 62.9 Å². The zero-order chi connectivity index (χ0) is 11.3. The monoisotopic (exact) mass is 214 g/mol. The Balaban J connectivity index is 2.51. The summed E-state index contributed by atoms with van der Waals surface area (Å²) in [4.78, 5) is 6.59. The van der Waals surface area contributed by atoms with E-state index < -0.39 is 0 Å². The van der Waals surface area contributed by atoms with Gasteiger partial charge in [0.05, 0.1) is 12.6 Å². The highest BCUT2D eigenvalue weighted by molar-refractivity contribution is 5.79. The van der Waals surface area contributed by atoms with Crippen molar-refractivity contribution in [2.24, 2.45) is 10.8 Å². The van der Waals surface area contributed by atoms with Gasteiger partial charge in [0.25, 0.3) is 0 Å². The average Bonchev–Trinajstić information content (AvgIpc) is 2.11. The summed E-state index contributed by atoms with van der Waals surface area (Å²) in [6, 6.07) is 0.720. The molecule has 0 aromatic carbocycles. The molecule has 88 valence electrons. The zero-order valence-corrected chi connectivity index (χ0v) is 9.86. The smallest absolute Gasteiger partial charge is 0.208 e. The number of methoxy groups -OCH3 is 1. The Morgan fingerprint density at radius 3 is 2.73 bits per heavy atom. The third-order valence-electron chi connectivity index (χ3n) is 2.84. The Bertz CT molecular complexity index is 215. The Morgan fingerprint density at radius 2 is 2.33 bits per heavy atom. The predicted molar refractivity (Wildman–Crippen MR) is 61.5 cm³/mol. The standard InChI is InChI=1S/C10H22N4O/c1-8(7-15-3)12-10(13-11)14(2)9-5-4-6-9/h8-9H,4-7,11H2,1-3H3,(H,12,13). The van der Waals surface area contributed by atoms with E-state index in [-0.39, 0.29) is 6.04 Å². The number of nitrogens with zero attached hydrogens (tertiary/aromatic N) is 2. The lowest BCUT2D eigenvalue weighted by Gasteiger charge is -2.36. The maximum atomic E-state index is 5.47. The fourth-order valence-corrected chi connectivity index (χ4v) is 1.66. The second kappa shape index (κ2) is 5.92. The van der Waals surface area contributed by atoms with Crippen LogP contribution in [0.1, 0.15) is 26.2 Å². The summed E-state index contributed by atoms with van der Waals surface area (Å²) in [5.41, 5.74) is 2.66. The van der Waals surface area contributed by atoms with E-state index in [0.29, 0.717) is 12.6 Å². The number of hydrogen-bond acceptors (Lipinski definition) is 3. The van der Waals surface area contributed by atoms with Crippen LogP contribution in [0.15, 0.2) is 4.99 Å². The lowest BCUT2D eigenvalue weighted by atomic mass is 9.92. The fraction of sp³-hybridized carbons (Fsp3) is 0.900. The molecule has 0 heterocycles. The van der Waals surface area contributed by atoms with E-state index in [1.807, 2.05) is 14.0 Å². The number of rotatable bonds is 4. The Kier molecular flexibility index (Phi) is 4.84. The molecular weight excluding hydrogens is 192 g/mol. The molecule has 1 rings (SSSR count). The van der Waals surface area contributed by atoms with Crippen LogP contribution in [-0.4, -0.2) is 43.7 Å². The van der Waals surface area contributed by atoms with Crippen LogP contribution in [0.2, 0.25) is 0 Å². The molecule has 0 aromatic rings. The molecule has 1 saturated carbocycles. The molecule has 0 aliphatic heterocycles. The highest BCUT2D eigenvalue weighted by atomic mass is 16.5. The summed E-state index contributed by atoms with van der Waals surface area (Å²) in [6.07, 6.45) is 3.77. The van der Waals surface area contributed by atoms with E-state index in [2.05, 4.69) is 15.3 Å². The molecule has 15 heavy (non-hydrogen) atoms. The minimum atomic E-state index is 0.128. The van der Waals surface area contributed by atoms with Crippen LogP contribution in [-0.2, 0) is 4.74 Å². The molecule has 1 unspecified atom stereocenters. The third-order valence-corrected chi connectivity index (χ3v) is 2.84. The van der Waals surface area contributed by atoms with E-state index in [0.717, 1.165) is 5.96 Å². The Morgan fingerprint density at radius 1 is 1.67 bits per heavy atom. The lowest BCUT2D eigenvalue weighted by Crippen LogP contribution is -2.50. The van der Waals surface area contributed by atoms with E-state index >= 15 is 0 Å². The molecule has 1 fully saturated rings. The van der Waals surface area contributed by atoms with E-state index in [1.165, 1.54) is 19.3 Å². The van der Waals surface area contributed by atoms with Gasteiger partial charge in [0.1, 0.15) is 0 Å². The Hall–Kier alpha value is -0.810. The molecule has 0 aromatic heterocycles. The number of nitrogens with one attached hydrogen (secondary N) is 1. The number of aliphatic imine (C=N–C) groups is 1. The third kappa shape index (κ3) is 3.35. The van der Waals surface area contributed by atoms with Crippen LogP contribution < -0.4 is 11.3 Å². The van der Waals surface area contributed by atoms with Gasteiger partial charge >= 0.3 is 0 Å². The predicted octanol–water partition coefficient (Wildman–Crippen LogP) is 0.325. The molecule has 0 amide bonds. The van der Waals surface area contributed by atoms with E-state index in [9.17, 15) is 0 Å². The molecular formula is C10H22N4O. The van der Waals surface area contributed by atoms with Crippen LogP contribution in [0.5, 0.6) is 0 Å². The van der Waals surface area contributed by atoms with Crippen molar-refractivity contribution >= 4 is 5.96 Å². The largest absolute Gasteiger partial charge is 0.382 e. The van der Waals surface area contributed by atoms with Crippen LogP contribution in [0, 0.1) is 0 Å². The van der Waals surface area contributed by atoms with Crippen molar-refractivity contribution in [2.45, 2.75) is 38.3 Å². The summed E-state index contributed by atoms with van der Waals surface area (Å²) in [5.74, 6) is 6.23. The maximum absolute atomic E-state index is 5.47. The van der Waals surface area contributed by atoms with Crippen LogP contribution >= 0.6 is 0 Å². The number of hydrogen-bond donors (Lipinski definition) is 2. The van der Waals surface area contributed by atoms with Crippen molar-refractivity contribution in [1.82, 2.24) is 10.3 Å². The minimum Gasteiger partial charge on any atom is -0.382 e. The molecule has 1 aliphatic carbocycles. The van der Waals surface area contributed by atoms with Gasteiger partial charge in [0.15, 0.2) is 0 Å². The number of guanidine groups is 1. The second-order valence-electron chi connectivity index (χ2n) is 4.10. The first-order valence-corrected chi connectivity index (χ1v) is 5.45. The first-order valence-electron chi connectivity index (χ1n) is 5.45.